The maximum absolute atomic E-state index is 12.3. The van der Waals surface area contributed by atoms with Crippen LogP contribution >= 0.6 is 11.3 Å². The summed E-state index contributed by atoms with van der Waals surface area (Å²) in [5.41, 5.74) is 0.574. The largest absolute Gasteiger partial charge is 0.316 e. The summed E-state index contributed by atoms with van der Waals surface area (Å²) in [7, 11) is -3.56. The number of non-ortho nitro benzene ring substituents is 1. The third-order valence-corrected chi connectivity index (χ3v) is 6.89. The number of benzene rings is 2. The molecule has 10 heteroatoms. The van der Waals surface area contributed by atoms with Gasteiger partial charge in [0, 0.05) is 25.1 Å². The van der Waals surface area contributed by atoms with Gasteiger partial charge in [-0.2, -0.15) is 4.99 Å². The first-order valence-electron chi connectivity index (χ1n) is 8.45. The van der Waals surface area contributed by atoms with E-state index >= 15 is 0 Å². The zero-order valence-electron chi connectivity index (χ0n) is 14.9. The van der Waals surface area contributed by atoms with Crippen LogP contribution in [0.4, 0.5) is 5.69 Å². The Morgan fingerprint density at radius 2 is 1.93 bits per heavy atom. The van der Waals surface area contributed by atoms with E-state index in [0.29, 0.717) is 16.9 Å². The fourth-order valence-electron chi connectivity index (χ4n) is 2.69. The van der Waals surface area contributed by atoms with Gasteiger partial charge in [0.05, 0.1) is 25.8 Å². The molecule has 0 fully saturated rings. The van der Waals surface area contributed by atoms with E-state index in [1.165, 1.54) is 35.6 Å². The molecule has 0 saturated carbocycles. The normalized spacial score (nSPS) is 12.4. The molecule has 146 valence electrons. The average Bonchev–Trinajstić information content (AvgIpc) is 3.03. The summed E-state index contributed by atoms with van der Waals surface area (Å²) >= 11 is 1.23. The number of aryl methyl sites for hydroxylation is 1. The van der Waals surface area contributed by atoms with Crippen LogP contribution < -0.4 is 4.80 Å². The second-order valence-electron chi connectivity index (χ2n) is 5.93. The lowest BCUT2D eigenvalue weighted by Gasteiger charge is -2.02. The fourth-order valence-corrected chi connectivity index (χ4v) is 5.03. The SMILES string of the molecule is CCn1c(=NC(=O)CCS(=O)(=O)c2ccccc2)sc2ccc([N+](=O)[O-])cc21. The molecule has 0 N–H and O–H groups in total. The maximum atomic E-state index is 12.3. The summed E-state index contributed by atoms with van der Waals surface area (Å²) in [4.78, 5) is 27.4. The number of carbonyl (C=O) groups is 1. The van der Waals surface area contributed by atoms with E-state index in [4.69, 9.17) is 0 Å². The molecule has 1 aromatic heterocycles. The second kappa shape index (κ2) is 8.03. The molecule has 0 unspecified atom stereocenters. The highest BCUT2D eigenvalue weighted by Crippen LogP contribution is 2.23. The van der Waals surface area contributed by atoms with Crippen molar-refractivity contribution in [3.05, 3.63) is 63.4 Å². The van der Waals surface area contributed by atoms with Gasteiger partial charge in [0.1, 0.15) is 0 Å². The highest BCUT2D eigenvalue weighted by atomic mass is 32.2. The van der Waals surface area contributed by atoms with Gasteiger partial charge in [-0.05, 0) is 25.1 Å². The van der Waals surface area contributed by atoms with Crippen LogP contribution in [0, 0.1) is 10.1 Å². The summed E-state index contributed by atoms with van der Waals surface area (Å²) in [5.74, 6) is -0.885. The first-order chi connectivity index (χ1) is 13.3. The van der Waals surface area contributed by atoms with Crippen LogP contribution in [0.3, 0.4) is 0 Å². The van der Waals surface area contributed by atoms with E-state index in [1.54, 1.807) is 28.8 Å². The van der Waals surface area contributed by atoms with Crippen molar-refractivity contribution in [3.8, 4) is 0 Å². The van der Waals surface area contributed by atoms with Gasteiger partial charge in [-0.25, -0.2) is 8.42 Å². The van der Waals surface area contributed by atoms with Crippen LogP contribution in [0.5, 0.6) is 0 Å². The number of nitro benzene ring substituents is 1. The van der Waals surface area contributed by atoms with E-state index in [2.05, 4.69) is 4.99 Å². The molecular formula is C18H17N3O5S2. The van der Waals surface area contributed by atoms with E-state index in [1.807, 2.05) is 6.92 Å². The fraction of sp³-hybridized carbons (Fsp3) is 0.222. The lowest BCUT2D eigenvalue weighted by Crippen LogP contribution is -2.17. The summed E-state index contributed by atoms with van der Waals surface area (Å²) in [6.45, 7) is 2.31. The van der Waals surface area contributed by atoms with Crippen LogP contribution in [0.25, 0.3) is 10.2 Å². The first-order valence-corrected chi connectivity index (χ1v) is 10.9. The molecule has 0 aliphatic heterocycles. The molecule has 0 aliphatic rings. The van der Waals surface area contributed by atoms with Crippen molar-refractivity contribution in [2.75, 3.05) is 5.75 Å². The van der Waals surface area contributed by atoms with Gasteiger partial charge in [0.2, 0.25) is 5.91 Å². The minimum atomic E-state index is -3.56. The summed E-state index contributed by atoms with van der Waals surface area (Å²) < 4.78 is 27.1. The van der Waals surface area contributed by atoms with Crippen LogP contribution in [0.2, 0.25) is 0 Å². The van der Waals surface area contributed by atoms with E-state index in [-0.39, 0.29) is 22.8 Å². The molecule has 28 heavy (non-hydrogen) atoms. The predicted octanol–water partition coefficient (Wildman–Crippen LogP) is 2.92. The van der Waals surface area contributed by atoms with Crippen LogP contribution in [0.15, 0.2) is 58.4 Å². The zero-order valence-corrected chi connectivity index (χ0v) is 16.6. The lowest BCUT2D eigenvalue weighted by atomic mass is 10.3. The van der Waals surface area contributed by atoms with Gasteiger partial charge in [-0.15, -0.1) is 0 Å². The Hall–Kier alpha value is -2.85. The molecule has 0 bridgehead atoms. The maximum Gasteiger partial charge on any atom is 0.271 e. The van der Waals surface area contributed by atoms with Crippen LogP contribution in [-0.4, -0.2) is 29.6 Å². The van der Waals surface area contributed by atoms with Crippen molar-refractivity contribution in [1.82, 2.24) is 4.57 Å². The lowest BCUT2D eigenvalue weighted by molar-refractivity contribution is -0.384. The molecular weight excluding hydrogens is 402 g/mol. The Balaban J connectivity index is 1.87. The van der Waals surface area contributed by atoms with Crippen molar-refractivity contribution in [3.63, 3.8) is 0 Å². The highest BCUT2D eigenvalue weighted by Gasteiger charge is 2.17. The molecule has 8 nitrogen and oxygen atoms in total. The van der Waals surface area contributed by atoms with Crippen molar-refractivity contribution in [2.45, 2.75) is 24.8 Å². The zero-order chi connectivity index (χ0) is 20.3. The van der Waals surface area contributed by atoms with Gasteiger partial charge in [0.15, 0.2) is 14.6 Å². The number of carbonyl (C=O) groups excluding carboxylic acids is 1. The van der Waals surface area contributed by atoms with E-state index in [9.17, 15) is 23.3 Å². The van der Waals surface area contributed by atoms with Gasteiger partial charge in [0.25, 0.3) is 5.69 Å². The second-order valence-corrected chi connectivity index (χ2v) is 9.04. The number of amides is 1. The van der Waals surface area contributed by atoms with Crippen LogP contribution in [-0.2, 0) is 21.2 Å². The number of sulfone groups is 1. The average molecular weight is 419 g/mol. The Morgan fingerprint density at radius 1 is 1.21 bits per heavy atom. The minimum Gasteiger partial charge on any atom is -0.316 e. The molecule has 1 heterocycles. The number of hydrogen-bond donors (Lipinski definition) is 0. The van der Waals surface area contributed by atoms with Crippen molar-refractivity contribution < 1.29 is 18.1 Å². The first kappa shape index (κ1) is 19.9. The number of fused-ring (bicyclic) bond motifs is 1. The monoisotopic (exact) mass is 419 g/mol. The minimum absolute atomic E-state index is 0.0423. The van der Waals surface area contributed by atoms with E-state index < -0.39 is 20.7 Å². The van der Waals surface area contributed by atoms with Crippen molar-refractivity contribution in [1.29, 1.82) is 0 Å². The Bertz CT molecular complexity index is 1210. The molecule has 0 atom stereocenters. The third kappa shape index (κ3) is 4.18. The molecule has 0 aliphatic carbocycles. The van der Waals surface area contributed by atoms with Gasteiger partial charge in [-0.3, -0.25) is 14.9 Å². The van der Waals surface area contributed by atoms with Gasteiger partial charge >= 0.3 is 0 Å². The summed E-state index contributed by atoms with van der Waals surface area (Å²) in [6.07, 6.45) is -0.241. The number of thiazole rings is 1. The van der Waals surface area contributed by atoms with Gasteiger partial charge in [-0.1, -0.05) is 29.5 Å². The van der Waals surface area contributed by atoms with Crippen LogP contribution in [0.1, 0.15) is 13.3 Å². The van der Waals surface area contributed by atoms with Crippen molar-refractivity contribution in [2.24, 2.45) is 4.99 Å². The summed E-state index contributed by atoms with van der Waals surface area (Å²) in [5, 5.41) is 11.0. The topological polar surface area (TPSA) is 112 Å². The predicted molar refractivity (Wildman–Crippen MR) is 106 cm³/mol. The number of rotatable bonds is 6. The molecule has 0 radical (unpaired) electrons. The van der Waals surface area contributed by atoms with Gasteiger partial charge < -0.3 is 4.57 Å². The highest BCUT2D eigenvalue weighted by molar-refractivity contribution is 7.91. The number of aromatic nitrogens is 1. The quantitative estimate of drug-likeness (QED) is 0.450. The summed E-state index contributed by atoms with van der Waals surface area (Å²) in [6, 6.07) is 12.4. The number of hydrogen-bond acceptors (Lipinski definition) is 6. The molecule has 0 spiro atoms. The number of nitro groups is 1. The third-order valence-electron chi connectivity index (χ3n) is 4.10. The Labute approximate surface area is 164 Å². The van der Waals surface area contributed by atoms with E-state index in [0.717, 1.165) is 4.70 Å². The standard InChI is InChI=1S/C18H17N3O5S2/c1-2-20-15-12-13(21(23)24)8-9-16(15)27-18(20)19-17(22)10-11-28(25,26)14-6-4-3-5-7-14/h3-9,12H,2,10-11H2,1H3. The molecule has 0 saturated heterocycles. The number of nitrogens with zero attached hydrogens (tertiary/aromatic N) is 3. The molecule has 2 aromatic carbocycles. The molecule has 3 rings (SSSR count). The smallest absolute Gasteiger partial charge is 0.271 e. The Morgan fingerprint density at radius 3 is 2.57 bits per heavy atom. The Kier molecular flexibility index (Phi) is 5.71. The molecule has 1 amide bonds. The molecule has 3 aromatic rings. The van der Waals surface area contributed by atoms with Crippen molar-refractivity contribution >= 4 is 43.0 Å².